The molecule has 1 unspecified atom stereocenters. The van der Waals surface area contributed by atoms with Crippen molar-refractivity contribution in [1.82, 2.24) is 5.32 Å². The van der Waals surface area contributed by atoms with Crippen molar-refractivity contribution in [2.24, 2.45) is 4.99 Å². The molecule has 0 aromatic heterocycles. The Kier molecular flexibility index (Phi) is 5.01. The maximum atomic E-state index is 13.0. The van der Waals surface area contributed by atoms with E-state index in [1.165, 1.54) is 12.1 Å². The second-order valence-corrected chi connectivity index (χ2v) is 5.79. The van der Waals surface area contributed by atoms with Crippen LogP contribution in [0.3, 0.4) is 0 Å². The second kappa shape index (κ2) is 6.76. The topological polar surface area (TPSA) is 61.7 Å². The highest BCUT2D eigenvalue weighted by Crippen LogP contribution is 2.32. The van der Waals surface area contributed by atoms with E-state index in [0.717, 1.165) is 12.2 Å². The van der Waals surface area contributed by atoms with Crippen LogP contribution in [-0.4, -0.2) is 22.0 Å². The van der Waals surface area contributed by atoms with Crippen LogP contribution < -0.4 is 5.32 Å². The fraction of sp³-hybridized carbons (Fsp3) is 0.333. The minimum absolute atomic E-state index is 0.197. The van der Waals surface area contributed by atoms with Gasteiger partial charge in [0.2, 0.25) is 0 Å². The molecule has 1 heterocycles. The number of rotatable bonds is 4. The van der Waals surface area contributed by atoms with Gasteiger partial charge in [-0.25, -0.2) is 14.2 Å². The van der Waals surface area contributed by atoms with Crippen LogP contribution in [0.15, 0.2) is 40.5 Å². The summed E-state index contributed by atoms with van der Waals surface area (Å²) >= 11 is 1.55. The molecular weight excluding hydrogens is 291 g/mol. The largest absolute Gasteiger partial charge is 0.478 e. The Bertz CT molecular complexity index is 596. The quantitative estimate of drug-likeness (QED) is 0.895. The number of carboxylic acids is 1. The molecule has 1 aromatic carbocycles. The molecule has 2 rings (SSSR count). The number of hydrogen-bond acceptors (Lipinski definition) is 4. The minimum Gasteiger partial charge on any atom is -0.478 e. The molecule has 0 bridgehead atoms. The number of hydrogen-bond donors (Lipinski definition) is 2. The van der Waals surface area contributed by atoms with Gasteiger partial charge in [0.1, 0.15) is 11.9 Å². The number of benzene rings is 1. The van der Waals surface area contributed by atoms with Crippen LogP contribution in [0.2, 0.25) is 0 Å². The summed E-state index contributed by atoms with van der Waals surface area (Å²) in [6.07, 6.45) is 1.00. The van der Waals surface area contributed by atoms with Crippen LogP contribution in [0.4, 0.5) is 4.39 Å². The highest BCUT2D eigenvalue weighted by Gasteiger charge is 2.29. The molecule has 0 aliphatic carbocycles. The zero-order valence-electron chi connectivity index (χ0n) is 11.9. The van der Waals surface area contributed by atoms with Gasteiger partial charge in [0.15, 0.2) is 5.17 Å². The SMILES string of the molecule is CCCSC1=NC(c2ccc(F)cc2)C(C(=O)O)=C(C)N1. The monoisotopic (exact) mass is 308 g/mol. The van der Waals surface area contributed by atoms with Crippen molar-refractivity contribution in [3.8, 4) is 0 Å². The fourth-order valence-electron chi connectivity index (χ4n) is 2.08. The molecule has 2 N–H and O–H groups in total. The van der Waals surface area contributed by atoms with E-state index >= 15 is 0 Å². The number of nitrogens with zero attached hydrogens (tertiary/aromatic N) is 1. The van der Waals surface area contributed by atoms with Crippen LogP contribution in [0.1, 0.15) is 31.9 Å². The number of thioether (sulfide) groups is 1. The predicted octanol–water partition coefficient (Wildman–Crippen LogP) is 3.33. The summed E-state index contributed by atoms with van der Waals surface area (Å²) in [6.45, 7) is 3.79. The van der Waals surface area contributed by atoms with Gasteiger partial charge in [-0.05, 0) is 31.0 Å². The van der Waals surface area contributed by atoms with Gasteiger partial charge in [0.25, 0.3) is 0 Å². The van der Waals surface area contributed by atoms with Crippen LogP contribution in [0.5, 0.6) is 0 Å². The molecule has 0 fully saturated rings. The van der Waals surface area contributed by atoms with Crippen molar-refractivity contribution in [3.05, 3.63) is 46.9 Å². The Morgan fingerprint density at radius 2 is 2.10 bits per heavy atom. The molecular formula is C15H17FN2O2S. The van der Waals surface area contributed by atoms with Gasteiger partial charge in [-0.3, -0.25) is 0 Å². The summed E-state index contributed by atoms with van der Waals surface area (Å²) in [4.78, 5) is 16.0. The minimum atomic E-state index is -1.02. The summed E-state index contributed by atoms with van der Waals surface area (Å²) in [5.74, 6) is -0.468. The Hall–Kier alpha value is -1.82. The third kappa shape index (κ3) is 3.64. The van der Waals surface area contributed by atoms with Gasteiger partial charge >= 0.3 is 5.97 Å². The summed E-state index contributed by atoms with van der Waals surface area (Å²) < 4.78 is 13.0. The molecule has 0 saturated heterocycles. The lowest BCUT2D eigenvalue weighted by molar-refractivity contribution is -0.133. The molecule has 1 atom stereocenters. The Labute approximate surface area is 127 Å². The van der Waals surface area contributed by atoms with Crippen LogP contribution in [0.25, 0.3) is 0 Å². The molecule has 112 valence electrons. The zero-order valence-corrected chi connectivity index (χ0v) is 12.7. The molecule has 0 amide bonds. The number of carboxylic acid groups (broad SMARTS) is 1. The molecule has 21 heavy (non-hydrogen) atoms. The van der Waals surface area contributed by atoms with E-state index in [-0.39, 0.29) is 11.4 Å². The summed E-state index contributed by atoms with van der Waals surface area (Å²) in [5.41, 5.74) is 1.44. The molecule has 0 radical (unpaired) electrons. The molecule has 0 saturated carbocycles. The van der Waals surface area contributed by atoms with Crippen LogP contribution in [-0.2, 0) is 4.79 Å². The van der Waals surface area contributed by atoms with E-state index in [0.29, 0.717) is 16.4 Å². The zero-order chi connectivity index (χ0) is 15.4. The second-order valence-electron chi connectivity index (χ2n) is 4.71. The first-order valence-electron chi connectivity index (χ1n) is 6.70. The number of amidine groups is 1. The third-order valence-electron chi connectivity index (χ3n) is 3.08. The van der Waals surface area contributed by atoms with E-state index in [1.54, 1.807) is 30.8 Å². The number of nitrogens with one attached hydrogen (secondary N) is 1. The number of aliphatic carboxylic acids is 1. The summed E-state index contributed by atoms with van der Waals surface area (Å²) in [6, 6.07) is 5.19. The molecule has 0 spiro atoms. The van der Waals surface area contributed by atoms with Gasteiger partial charge in [-0.2, -0.15) is 0 Å². The van der Waals surface area contributed by atoms with Gasteiger partial charge in [-0.15, -0.1) is 0 Å². The van der Waals surface area contributed by atoms with Gasteiger partial charge in [-0.1, -0.05) is 30.8 Å². The standard InChI is InChI=1S/C15H17FN2O2S/c1-3-8-21-15-17-9(2)12(14(19)20)13(18-15)10-4-6-11(16)7-5-10/h4-7,13H,3,8H2,1-2H3,(H,17,18)(H,19,20). The van der Waals surface area contributed by atoms with Crippen molar-refractivity contribution < 1.29 is 14.3 Å². The molecule has 4 nitrogen and oxygen atoms in total. The first-order chi connectivity index (χ1) is 10.0. The highest BCUT2D eigenvalue weighted by molar-refractivity contribution is 8.13. The van der Waals surface area contributed by atoms with E-state index in [4.69, 9.17) is 0 Å². The molecule has 1 aromatic rings. The van der Waals surface area contributed by atoms with E-state index in [1.807, 2.05) is 0 Å². The van der Waals surface area contributed by atoms with Crippen molar-refractivity contribution in [2.45, 2.75) is 26.3 Å². The van der Waals surface area contributed by atoms with Crippen LogP contribution >= 0.6 is 11.8 Å². The molecule has 1 aliphatic heterocycles. The lowest BCUT2D eigenvalue weighted by Gasteiger charge is -2.24. The number of aliphatic imine (C=N–C) groups is 1. The Balaban J connectivity index is 2.38. The van der Waals surface area contributed by atoms with Crippen molar-refractivity contribution in [1.29, 1.82) is 0 Å². The first kappa shape index (κ1) is 15.6. The van der Waals surface area contributed by atoms with Gasteiger partial charge in [0.05, 0.1) is 5.57 Å². The van der Waals surface area contributed by atoms with Gasteiger partial charge < -0.3 is 10.4 Å². The summed E-state index contributed by atoms with van der Waals surface area (Å²) in [7, 11) is 0. The number of carbonyl (C=O) groups is 1. The lowest BCUT2D eigenvalue weighted by Crippen LogP contribution is -2.29. The first-order valence-corrected chi connectivity index (χ1v) is 7.68. The lowest BCUT2D eigenvalue weighted by atomic mass is 9.97. The van der Waals surface area contributed by atoms with E-state index < -0.39 is 12.0 Å². The normalized spacial score (nSPS) is 18.2. The summed E-state index contributed by atoms with van der Waals surface area (Å²) in [5, 5.41) is 13.1. The van der Waals surface area contributed by atoms with Crippen LogP contribution in [0, 0.1) is 5.82 Å². The average molecular weight is 308 g/mol. The van der Waals surface area contributed by atoms with Crippen molar-refractivity contribution in [2.75, 3.05) is 5.75 Å². The maximum absolute atomic E-state index is 13.0. The smallest absolute Gasteiger partial charge is 0.335 e. The number of allylic oxidation sites excluding steroid dienone is 1. The van der Waals surface area contributed by atoms with E-state index in [9.17, 15) is 14.3 Å². The van der Waals surface area contributed by atoms with Crippen molar-refractivity contribution >= 4 is 22.9 Å². The third-order valence-corrected chi connectivity index (χ3v) is 4.17. The predicted molar refractivity (Wildman–Crippen MR) is 82.8 cm³/mol. The fourth-order valence-corrected chi connectivity index (χ4v) is 2.89. The Morgan fingerprint density at radius 1 is 1.43 bits per heavy atom. The Morgan fingerprint density at radius 3 is 2.67 bits per heavy atom. The number of halogens is 1. The van der Waals surface area contributed by atoms with Gasteiger partial charge in [0, 0.05) is 11.4 Å². The van der Waals surface area contributed by atoms with Crippen molar-refractivity contribution in [3.63, 3.8) is 0 Å². The maximum Gasteiger partial charge on any atom is 0.335 e. The average Bonchev–Trinajstić information content (AvgIpc) is 2.44. The molecule has 1 aliphatic rings. The molecule has 6 heteroatoms. The van der Waals surface area contributed by atoms with E-state index in [2.05, 4.69) is 17.2 Å². The highest BCUT2D eigenvalue weighted by atomic mass is 32.2.